The third-order valence-electron chi connectivity index (χ3n) is 5.81. The summed E-state index contributed by atoms with van der Waals surface area (Å²) < 4.78 is 0. The number of nitrogens with one attached hydrogen (secondary N) is 2. The summed E-state index contributed by atoms with van der Waals surface area (Å²) in [6.07, 6.45) is 2.56. The molecule has 2 aromatic rings. The van der Waals surface area contributed by atoms with E-state index in [0.29, 0.717) is 41.1 Å². The van der Waals surface area contributed by atoms with E-state index in [2.05, 4.69) is 15.6 Å². The fourth-order valence-electron chi connectivity index (χ4n) is 4.51. The highest BCUT2D eigenvalue weighted by Crippen LogP contribution is 2.47. The molecule has 32 heavy (non-hydrogen) atoms. The Morgan fingerprint density at radius 2 is 2.00 bits per heavy atom. The molecule has 1 aliphatic carbocycles. The number of anilines is 1. The molecular formula is C24H24N4O4. The number of aromatic nitrogens is 1. The van der Waals surface area contributed by atoms with Crippen LogP contribution in [0.1, 0.15) is 45.1 Å². The second-order valence-electron chi connectivity index (χ2n) is 8.95. The van der Waals surface area contributed by atoms with Crippen LogP contribution < -0.4 is 10.6 Å². The topological polar surface area (TPSA) is 114 Å². The van der Waals surface area contributed by atoms with Crippen molar-refractivity contribution in [1.82, 2.24) is 10.3 Å². The van der Waals surface area contributed by atoms with Crippen LogP contribution in [0.4, 0.5) is 11.5 Å². The summed E-state index contributed by atoms with van der Waals surface area (Å²) in [5.41, 5.74) is 2.46. The van der Waals surface area contributed by atoms with E-state index < -0.39 is 16.7 Å². The Morgan fingerprint density at radius 3 is 2.69 bits per heavy atom. The first kappa shape index (κ1) is 21.4. The molecule has 0 saturated heterocycles. The van der Waals surface area contributed by atoms with Crippen molar-refractivity contribution in [3.63, 3.8) is 0 Å². The number of dihydropyridines is 1. The monoisotopic (exact) mass is 432 g/mol. The van der Waals surface area contributed by atoms with Crippen molar-refractivity contribution in [2.75, 3.05) is 5.32 Å². The molecule has 0 radical (unpaired) electrons. The predicted molar refractivity (Wildman–Crippen MR) is 120 cm³/mol. The largest absolute Gasteiger partial charge is 0.362 e. The van der Waals surface area contributed by atoms with Crippen molar-refractivity contribution in [3.05, 3.63) is 86.9 Å². The van der Waals surface area contributed by atoms with E-state index in [9.17, 15) is 19.7 Å². The SMILES string of the molecule is CC1=C(C(=O)Nc2ccccn2)[C@@H](c2cccc([N+](=O)[O-])c2)C2=C(CC(C)(C)CC2=O)N1. The molecule has 4 rings (SSSR count). The molecule has 8 nitrogen and oxygen atoms in total. The second-order valence-corrected chi connectivity index (χ2v) is 8.95. The maximum atomic E-state index is 13.4. The van der Waals surface area contributed by atoms with Gasteiger partial charge in [-0.2, -0.15) is 0 Å². The minimum absolute atomic E-state index is 0.0594. The van der Waals surface area contributed by atoms with E-state index in [1.807, 2.05) is 13.8 Å². The smallest absolute Gasteiger partial charge is 0.269 e. The number of nitro benzene ring substituents is 1. The van der Waals surface area contributed by atoms with Crippen molar-refractivity contribution < 1.29 is 14.5 Å². The highest BCUT2D eigenvalue weighted by Gasteiger charge is 2.43. The minimum atomic E-state index is -0.710. The number of allylic oxidation sites excluding steroid dienone is 3. The maximum absolute atomic E-state index is 13.4. The quantitative estimate of drug-likeness (QED) is 0.552. The van der Waals surface area contributed by atoms with E-state index >= 15 is 0 Å². The Balaban J connectivity index is 1.85. The lowest BCUT2D eigenvalue weighted by Gasteiger charge is -2.39. The van der Waals surface area contributed by atoms with Crippen molar-refractivity contribution in [2.24, 2.45) is 5.41 Å². The number of nitro groups is 1. The van der Waals surface area contributed by atoms with Gasteiger partial charge < -0.3 is 10.6 Å². The van der Waals surface area contributed by atoms with E-state index in [1.165, 1.54) is 12.1 Å². The number of amides is 1. The first-order valence-corrected chi connectivity index (χ1v) is 10.4. The third-order valence-corrected chi connectivity index (χ3v) is 5.81. The lowest BCUT2D eigenvalue weighted by molar-refractivity contribution is -0.384. The molecule has 0 bridgehead atoms. The van der Waals surface area contributed by atoms with Crippen LogP contribution in [0.15, 0.2) is 71.2 Å². The number of rotatable bonds is 4. The highest BCUT2D eigenvalue weighted by atomic mass is 16.6. The van der Waals surface area contributed by atoms with E-state index in [0.717, 1.165) is 5.70 Å². The van der Waals surface area contributed by atoms with Gasteiger partial charge in [0.2, 0.25) is 0 Å². The zero-order valence-electron chi connectivity index (χ0n) is 18.1. The molecule has 0 unspecified atom stereocenters. The third kappa shape index (κ3) is 4.03. The molecule has 0 fully saturated rings. The minimum Gasteiger partial charge on any atom is -0.362 e. The lowest BCUT2D eigenvalue weighted by atomic mass is 9.68. The summed E-state index contributed by atoms with van der Waals surface area (Å²) in [5, 5.41) is 17.5. The molecule has 8 heteroatoms. The summed E-state index contributed by atoms with van der Waals surface area (Å²) in [6, 6.07) is 11.3. The standard InChI is InChI=1S/C24H24N4O4/c1-14-20(23(30)27-19-9-4-5-10-25-19)21(15-7-6-8-16(11-15)28(31)32)22-17(26-14)12-24(2,3)13-18(22)29/h4-11,21,26H,12-13H2,1-3H3,(H,25,27,30)/t21-/m1/s1. The number of carbonyl (C=O) groups is 2. The van der Waals surface area contributed by atoms with Gasteiger partial charge in [0, 0.05) is 53.2 Å². The van der Waals surface area contributed by atoms with E-state index in [4.69, 9.17) is 0 Å². The Labute approximate surface area is 185 Å². The molecule has 2 N–H and O–H groups in total. The van der Waals surface area contributed by atoms with Crippen LogP contribution in [-0.2, 0) is 9.59 Å². The normalized spacial score (nSPS) is 19.8. The number of hydrogen-bond acceptors (Lipinski definition) is 6. The number of benzene rings is 1. The van der Waals surface area contributed by atoms with E-state index in [1.54, 1.807) is 43.5 Å². The summed E-state index contributed by atoms with van der Waals surface area (Å²) in [6.45, 7) is 5.84. The van der Waals surface area contributed by atoms with Crippen LogP contribution in [0.5, 0.6) is 0 Å². The number of pyridine rings is 1. The highest BCUT2D eigenvalue weighted by molar-refractivity contribution is 6.09. The molecular weight excluding hydrogens is 408 g/mol. The van der Waals surface area contributed by atoms with Crippen LogP contribution >= 0.6 is 0 Å². The van der Waals surface area contributed by atoms with Gasteiger partial charge >= 0.3 is 0 Å². The second kappa shape index (κ2) is 8.03. The van der Waals surface area contributed by atoms with Crippen LogP contribution in [0.3, 0.4) is 0 Å². The van der Waals surface area contributed by atoms with Crippen molar-refractivity contribution in [3.8, 4) is 0 Å². The molecule has 164 valence electrons. The van der Waals surface area contributed by atoms with Crippen LogP contribution in [0.2, 0.25) is 0 Å². The van der Waals surface area contributed by atoms with Gasteiger partial charge in [-0.3, -0.25) is 19.7 Å². The zero-order chi connectivity index (χ0) is 23.0. The Hall–Kier alpha value is -3.81. The van der Waals surface area contributed by atoms with E-state index in [-0.39, 0.29) is 16.9 Å². The number of non-ortho nitro benzene ring substituents is 1. The van der Waals surface area contributed by atoms with Gasteiger partial charge in [0.1, 0.15) is 5.82 Å². The molecule has 0 spiro atoms. The Bertz CT molecular complexity index is 1180. The number of Topliss-reactive ketones (excluding diaryl/α,β-unsaturated/α-hetero) is 1. The summed E-state index contributed by atoms with van der Waals surface area (Å²) >= 11 is 0. The molecule has 1 amide bonds. The van der Waals surface area contributed by atoms with Crippen molar-refractivity contribution >= 4 is 23.2 Å². The molecule has 2 aliphatic rings. The van der Waals surface area contributed by atoms with Crippen molar-refractivity contribution in [2.45, 2.75) is 39.5 Å². The number of nitrogens with zero attached hydrogens (tertiary/aromatic N) is 2. The number of ketones is 1. The van der Waals surface area contributed by atoms with Gasteiger partial charge in [0.15, 0.2) is 5.78 Å². The van der Waals surface area contributed by atoms with Gasteiger partial charge in [0.05, 0.1) is 4.92 Å². The predicted octanol–water partition coefficient (Wildman–Crippen LogP) is 4.23. The Morgan fingerprint density at radius 1 is 1.22 bits per heavy atom. The molecule has 1 aromatic carbocycles. The molecule has 1 atom stereocenters. The summed E-state index contributed by atoms with van der Waals surface area (Å²) in [7, 11) is 0. The zero-order valence-corrected chi connectivity index (χ0v) is 18.1. The average molecular weight is 432 g/mol. The molecule has 2 heterocycles. The first-order chi connectivity index (χ1) is 15.2. The summed E-state index contributed by atoms with van der Waals surface area (Å²) in [4.78, 5) is 41.7. The summed E-state index contributed by atoms with van der Waals surface area (Å²) in [5.74, 6) is -0.796. The number of carbonyl (C=O) groups excluding carboxylic acids is 2. The van der Waals surface area contributed by atoms with Crippen molar-refractivity contribution in [1.29, 1.82) is 0 Å². The molecule has 1 aliphatic heterocycles. The van der Waals surface area contributed by atoms with Gasteiger partial charge in [-0.25, -0.2) is 4.98 Å². The molecule has 0 saturated carbocycles. The van der Waals surface area contributed by atoms with Gasteiger partial charge in [-0.15, -0.1) is 0 Å². The van der Waals surface area contributed by atoms with Gasteiger partial charge in [-0.1, -0.05) is 32.0 Å². The van der Waals surface area contributed by atoms with Crippen LogP contribution in [0.25, 0.3) is 0 Å². The molecule has 1 aromatic heterocycles. The Kier molecular flexibility index (Phi) is 5.38. The van der Waals surface area contributed by atoms with Gasteiger partial charge in [-0.05, 0) is 36.5 Å². The van der Waals surface area contributed by atoms with Crippen LogP contribution in [-0.4, -0.2) is 21.6 Å². The fraction of sp³-hybridized carbons (Fsp3) is 0.292. The average Bonchev–Trinajstić information content (AvgIpc) is 2.72. The number of hydrogen-bond donors (Lipinski definition) is 2. The fourth-order valence-corrected chi connectivity index (χ4v) is 4.51. The maximum Gasteiger partial charge on any atom is 0.269 e. The first-order valence-electron chi connectivity index (χ1n) is 10.4. The van der Waals surface area contributed by atoms with Gasteiger partial charge in [0.25, 0.3) is 11.6 Å². The lowest BCUT2D eigenvalue weighted by Crippen LogP contribution is -2.39. The van der Waals surface area contributed by atoms with Crippen LogP contribution in [0, 0.1) is 15.5 Å².